The number of carbonyl (C=O) groups excluding carboxylic acids is 1. The van der Waals surface area contributed by atoms with Crippen molar-refractivity contribution in [1.82, 2.24) is 15.4 Å². The smallest absolute Gasteiger partial charge is 0.289 e. The molecule has 7 nitrogen and oxygen atoms in total. The van der Waals surface area contributed by atoms with Crippen LogP contribution in [0.25, 0.3) is 0 Å². The Bertz CT molecular complexity index is 746. The minimum absolute atomic E-state index is 0.253. The van der Waals surface area contributed by atoms with E-state index >= 15 is 0 Å². The van der Waals surface area contributed by atoms with E-state index < -0.39 is 0 Å². The second-order valence-electron chi connectivity index (χ2n) is 6.75. The van der Waals surface area contributed by atoms with Crippen LogP contribution in [0.2, 0.25) is 0 Å². The molecule has 1 aromatic carbocycles. The average Bonchev–Trinajstić information content (AvgIpc) is 3.19. The van der Waals surface area contributed by atoms with E-state index in [1.165, 1.54) is 5.56 Å². The first kappa shape index (κ1) is 19.4. The van der Waals surface area contributed by atoms with E-state index in [2.05, 4.69) is 21.4 Å². The van der Waals surface area contributed by atoms with Crippen molar-refractivity contribution < 1.29 is 18.8 Å². The quantitative estimate of drug-likeness (QED) is 0.716. The van der Waals surface area contributed by atoms with Crippen LogP contribution in [-0.4, -0.2) is 56.4 Å². The van der Waals surface area contributed by atoms with Crippen LogP contribution in [0.4, 0.5) is 0 Å². The monoisotopic (exact) mass is 373 g/mol. The van der Waals surface area contributed by atoms with Gasteiger partial charge in [0.15, 0.2) is 0 Å². The van der Waals surface area contributed by atoms with Gasteiger partial charge < -0.3 is 19.3 Å². The lowest BCUT2D eigenvalue weighted by atomic mass is 9.94. The Morgan fingerprint density at radius 1 is 1.37 bits per heavy atom. The minimum Gasteiger partial charge on any atom is -0.496 e. The molecule has 146 valence electrons. The van der Waals surface area contributed by atoms with Crippen molar-refractivity contribution in [3.63, 3.8) is 0 Å². The predicted molar refractivity (Wildman–Crippen MR) is 101 cm³/mol. The van der Waals surface area contributed by atoms with Crippen LogP contribution in [0.15, 0.2) is 34.9 Å². The molecule has 7 heteroatoms. The number of aromatic nitrogens is 1. The highest BCUT2D eigenvalue weighted by Crippen LogP contribution is 2.29. The number of nitrogens with zero attached hydrogens (tertiary/aromatic N) is 2. The van der Waals surface area contributed by atoms with Gasteiger partial charge >= 0.3 is 0 Å². The maximum absolute atomic E-state index is 12.1. The molecule has 27 heavy (non-hydrogen) atoms. The number of ether oxygens (including phenoxy) is 2. The zero-order valence-electron chi connectivity index (χ0n) is 15.9. The average molecular weight is 373 g/mol. The predicted octanol–water partition coefficient (Wildman–Crippen LogP) is 2.44. The van der Waals surface area contributed by atoms with Crippen LogP contribution in [0.3, 0.4) is 0 Å². The van der Waals surface area contributed by atoms with Gasteiger partial charge in [-0.2, -0.15) is 0 Å². The van der Waals surface area contributed by atoms with Gasteiger partial charge in [-0.1, -0.05) is 23.4 Å². The van der Waals surface area contributed by atoms with Gasteiger partial charge in [-0.15, -0.1) is 0 Å². The highest BCUT2D eigenvalue weighted by atomic mass is 16.5. The number of para-hydroxylation sites is 1. The molecule has 1 aromatic heterocycles. The normalized spacial score (nSPS) is 17.6. The molecule has 0 saturated carbocycles. The summed E-state index contributed by atoms with van der Waals surface area (Å²) in [6.07, 6.45) is 2.13. The first-order valence-electron chi connectivity index (χ1n) is 9.29. The fourth-order valence-electron chi connectivity index (χ4n) is 3.46. The van der Waals surface area contributed by atoms with Crippen molar-refractivity contribution in [3.8, 4) is 5.75 Å². The summed E-state index contributed by atoms with van der Waals surface area (Å²) >= 11 is 0. The summed E-state index contributed by atoms with van der Waals surface area (Å²) in [5.41, 5.74) is 2.02. The standard InChI is InChI=1S/C20H27N3O4/c1-25-11-9-21-20(24)19-12-17(22-27-19)15-7-5-10-23(13-15)14-16-6-3-4-8-18(16)26-2/h3-4,6,8,12,15H,5,7,9-11,13-14H2,1-2H3,(H,21,24). The van der Waals surface area contributed by atoms with Crippen molar-refractivity contribution in [2.45, 2.75) is 25.3 Å². The molecule has 0 aliphatic carbocycles. The second-order valence-corrected chi connectivity index (χ2v) is 6.75. The van der Waals surface area contributed by atoms with E-state index in [-0.39, 0.29) is 17.6 Å². The number of amides is 1. The largest absolute Gasteiger partial charge is 0.496 e. The first-order chi connectivity index (χ1) is 13.2. The fraction of sp³-hybridized carbons (Fsp3) is 0.500. The van der Waals surface area contributed by atoms with Gasteiger partial charge in [0.25, 0.3) is 5.91 Å². The highest BCUT2D eigenvalue weighted by molar-refractivity contribution is 5.91. The Hall–Kier alpha value is -2.38. The molecule has 0 radical (unpaired) electrons. The molecule has 1 N–H and O–H groups in total. The summed E-state index contributed by atoms with van der Waals surface area (Å²) in [7, 11) is 3.30. The molecule has 1 amide bonds. The molecular formula is C20H27N3O4. The lowest BCUT2D eigenvalue weighted by Gasteiger charge is -2.32. The van der Waals surface area contributed by atoms with Crippen molar-refractivity contribution >= 4 is 5.91 Å². The van der Waals surface area contributed by atoms with Crippen molar-refractivity contribution in [2.24, 2.45) is 0 Å². The first-order valence-corrected chi connectivity index (χ1v) is 9.29. The molecular weight excluding hydrogens is 346 g/mol. The lowest BCUT2D eigenvalue weighted by Crippen LogP contribution is -2.34. The molecule has 3 rings (SSSR count). The van der Waals surface area contributed by atoms with Crippen molar-refractivity contribution in [1.29, 1.82) is 0 Å². The summed E-state index contributed by atoms with van der Waals surface area (Å²) in [5.74, 6) is 1.17. The zero-order valence-corrected chi connectivity index (χ0v) is 15.9. The molecule has 1 fully saturated rings. The maximum Gasteiger partial charge on any atom is 0.289 e. The third-order valence-corrected chi connectivity index (χ3v) is 4.85. The van der Waals surface area contributed by atoms with E-state index in [4.69, 9.17) is 14.0 Å². The number of benzene rings is 1. The number of hydrogen-bond donors (Lipinski definition) is 1. The number of rotatable bonds is 8. The van der Waals surface area contributed by atoms with Gasteiger partial charge in [-0.3, -0.25) is 9.69 Å². The Morgan fingerprint density at radius 3 is 3.04 bits per heavy atom. The molecule has 1 aliphatic heterocycles. The summed E-state index contributed by atoms with van der Waals surface area (Å²) < 4.78 is 15.7. The van der Waals surface area contributed by atoms with Gasteiger partial charge in [0.1, 0.15) is 5.75 Å². The highest BCUT2D eigenvalue weighted by Gasteiger charge is 2.25. The number of likely N-dealkylation sites (tertiary alicyclic amines) is 1. The molecule has 2 heterocycles. The fourth-order valence-corrected chi connectivity index (χ4v) is 3.46. The Labute approximate surface area is 159 Å². The molecule has 1 saturated heterocycles. The summed E-state index contributed by atoms with van der Waals surface area (Å²) in [5, 5.41) is 6.89. The van der Waals surface area contributed by atoms with Crippen LogP contribution in [-0.2, 0) is 11.3 Å². The van der Waals surface area contributed by atoms with Crippen LogP contribution >= 0.6 is 0 Å². The summed E-state index contributed by atoms with van der Waals surface area (Å²) in [6, 6.07) is 9.87. The van der Waals surface area contributed by atoms with E-state index in [1.807, 2.05) is 18.2 Å². The molecule has 2 aromatic rings. The van der Waals surface area contributed by atoms with Gasteiger partial charge in [-0.25, -0.2) is 0 Å². The Kier molecular flexibility index (Phi) is 6.84. The van der Waals surface area contributed by atoms with Gasteiger partial charge in [0.2, 0.25) is 5.76 Å². The Balaban J connectivity index is 1.60. The summed E-state index contributed by atoms with van der Waals surface area (Å²) in [6.45, 7) is 3.67. The zero-order chi connectivity index (χ0) is 19.1. The SMILES string of the molecule is COCCNC(=O)c1cc(C2CCCN(Cc3ccccc3OC)C2)no1. The molecule has 1 unspecified atom stereocenters. The topological polar surface area (TPSA) is 76.8 Å². The third-order valence-electron chi connectivity index (χ3n) is 4.85. The molecule has 1 aliphatic rings. The molecule has 1 atom stereocenters. The third kappa shape index (κ3) is 5.08. The van der Waals surface area contributed by atoms with E-state index in [0.717, 1.165) is 43.9 Å². The van der Waals surface area contributed by atoms with E-state index in [1.54, 1.807) is 20.3 Å². The lowest BCUT2D eigenvalue weighted by molar-refractivity contribution is 0.0900. The number of piperidine rings is 1. The number of carbonyl (C=O) groups is 1. The van der Waals surface area contributed by atoms with Gasteiger partial charge in [-0.05, 0) is 25.5 Å². The molecule has 0 bridgehead atoms. The van der Waals surface area contributed by atoms with Gasteiger partial charge in [0.05, 0.1) is 19.4 Å². The Morgan fingerprint density at radius 2 is 2.22 bits per heavy atom. The number of hydrogen-bond acceptors (Lipinski definition) is 6. The number of nitrogens with one attached hydrogen (secondary N) is 1. The van der Waals surface area contributed by atoms with Crippen LogP contribution in [0.1, 0.15) is 40.6 Å². The summed E-state index contributed by atoms with van der Waals surface area (Å²) in [4.78, 5) is 14.5. The van der Waals surface area contributed by atoms with Crippen molar-refractivity contribution in [2.75, 3.05) is 40.5 Å². The second kappa shape index (κ2) is 9.53. The number of methoxy groups -OCH3 is 2. The van der Waals surface area contributed by atoms with Crippen molar-refractivity contribution in [3.05, 3.63) is 47.3 Å². The van der Waals surface area contributed by atoms with Gasteiger partial charge in [0, 0.05) is 44.3 Å². The maximum atomic E-state index is 12.1. The van der Waals surface area contributed by atoms with Crippen LogP contribution < -0.4 is 10.1 Å². The van der Waals surface area contributed by atoms with E-state index in [9.17, 15) is 4.79 Å². The minimum atomic E-state index is -0.257. The van der Waals surface area contributed by atoms with Crippen LogP contribution in [0.5, 0.6) is 5.75 Å². The molecule has 0 spiro atoms. The van der Waals surface area contributed by atoms with E-state index in [0.29, 0.717) is 13.2 Å². The van der Waals surface area contributed by atoms with Crippen LogP contribution in [0, 0.1) is 0 Å².